The summed E-state index contributed by atoms with van der Waals surface area (Å²) in [4.78, 5) is 57.2. The zero-order chi connectivity index (χ0) is 35.6. The number of hydrogen-bond donors (Lipinski definition) is 1. The molecule has 50 heavy (non-hydrogen) atoms. The van der Waals surface area contributed by atoms with Crippen LogP contribution in [0.2, 0.25) is 0 Å². The van der Waals surface area contributed by atoms with Crippen LogP contribution in [0.3, 0.4) is 0 Å². The van der Waals surface area contributed by atoms with E-state index in [9.17, 15) is 28.7 Å². The van der Waals surface area contributed by atoms with Crippen LogP contribution in [0.1, 0.15) is 194 Å². The van der Waals surface area contributed by atoms with Crippen molar-refractivity contribution in [2.75, 3.05) is 19.8 Å². The molecule has 1 atom stereocenters. The minimum atomic E-state index is -5.25. The normalized spacial score (nSPS) is 11.7. The van der Waals surface area contributed by atoms with E-state index in [1.165, 1.54) is 109 Å². The average Bonchev–Trinajstić information content (AvgIpc) is 3.03. The molecule has 0 aromatic carbocycles. The first kappa shape index (κ1) is 54.9. The van der Waals surface area contributed by atoms with Gasteiger partial charge in [0.05, 0.1) is 14.4 Å². The van der Waals surface area contributed by atoms with Crippen molar-refractivity contribution >= 4 is 25.7 Å². The molecule has 0 heterocycles. The predicted molar refractivity (Wildman–Crippen MR) is 188 cm³/mol. The van der Waals surface area contributed by atoms with E-state index in [-0.39, 0.29) is 84.5 Å². The number of ether oxygens (including phenoxy) is 2. The van der Waals surface area contributed by atoms with Gasteiger partial charge in [0.15, 0.2) is 6.10 Å². The average molecular weight is 750 g/mol. The Morgan fingerprint density at radius 2 is 0.920 bits per heavy atom. The molecule has 0 aromatic heterocycles. The van der Waals surface area contributed by atoms with Crippen molar-refractivity contribution in [3.63, 3.8) is 0 Å². The van der Waals surface area contributed by atoms with E-state index in [1.807, 2.05) is 0 Å². The zero-order valence-corrected chi connectivity index (χ0v) is 37.5. The van der Waals surface area contributed by atoms with E-state index >= 15 is 0 Å². The first-order valence-corrected chi connectivity index (χ1v) is 20.9. The maximum absolute atomic E-state index is 12.3. The minimum absolute atomic E-state index is 0. The fourth-order valence-electron chi connectivity index (χ4n) is 5.68. The minimum Gasteiger partial charge on any atom is -0.790 e. The molecule has 0 aliphatic carbocycles. The van der Waals surface area contributed by atoms with Gasteiger partial charge in [-0.25, -0.2) is 0 Å². The summed E-state index contributed by atoms with van der Waals surface area (Å²) in [6, 6.07) is 0. The summed E-state index contributed by atoms with van der Waals surface area (Å²) < 4.78 is 25.8. The molecule has 1 N–H and O–H groups in total. The molecule has 284 valence electrons. The first-order valence-electron chi connectivity index (χ1n) is 19.4. The third-order valence-electron chi connectivity index (χ3n) is 8.56. The van der Waals surface area contributed by atoms with Gasteiger partial charge >= 0.3 is 71.1 Å². The number of amides is 1. The maximum atomic E-state index is 12.3. The van der Waals surface area contributed by atoms with Crippen molar-refractivity contribution < 1.29 is 102 Å². The van der Waals surface area contributed by atoms with Gasteiger partial charge in [-0.05, 0) is 19.3 Å². The summed E-state index contributed by atoms with van der Waals surface area (Å²) in [5.74, 6) is -0.931. The summed E-state index contributed by atoms with van der Waals surface area (Å²) in [5.41, 5.74) is 0. The van der Waals surface area contributed by atoms with Crippen molar-refractivity contribution in [1.82, 2.24) is 5.32 Å². The number of carbonyl (C=O) groups is 3. The Labute approximate surface area is 349 Å². The van der Waals surface area contributed by atoms with Gasteiger partial charge < -0.3 is 33.7 Å². The molecule has 1 amide bonds. The van der Waals surface area contributed by atoms with Crippen molar-refractivity contribution in [3.05, 3.63) is 0 Å². The Morgan fingerprint density at radius 3 is 1.30 bits per heavy atom. The number of phosphoric ester groups is 1. The number of esters is 2. The van der Waals surface area contributed by atoms with E-state index in [0.717, 1.165) is 51.5 Å². The van der Waals surface area contributed by atoms with E-state index < -0.39 is 32.5 Å². The van der Waals surface area contributed by atoms with Gasteiger partial charge in [0.1, 0.15) is 6.61 Å². The predicted octanol–water partition coefficient (Wildman–Crippen LogP) is 2.37. The van der Waals surface area contributed by atoms with E-state index in [4.69, 9.17) is 9.47 Å². The molecular formula is C37H70NNa2O9P. The zero-order valence-electron chi connectivity index (χ0n) is 32.6. The molecule has 0 bridgehead atoms. The number of nitrogens with one attached hydrogen (secondary N) is 1. The standard InChI is InChI=1S/C37H72NO9P.2Na/c1-3-4-5-6-7-8-9-11-15-18-21-24-27-30-37(41)47-35(33-46-48(42,43)44)32-45-36(40)29-26-23-20-17-14-12-10-13-16-19-22-25-28-31-38-34(2)39;;/h35H,3-33H2,1-2H3,(H,38,39)(H2,42,43,44);;/q;2*+1/p-2/t35-;;/m1../s1. The second-order valence-electron chi connectivity index (χ2n) is 13.4. The molecular weight excluding hydrogens is 679 g/mol. The third kappa shape index (κ3) is 44.7. The molecule has 0 rings (SSSR count). The Morgan fingerprint density at radius 1 is 0.560 bits per heavy atom. The Bertz CT molecular complexity index is 833. The first-order chi connectivity index (χ1) is 23.1. The van der Waals surface area contributed by atoms with Crippen LogP contribution in [-0.2, 0) is 32.9 Å². The van der Waals surface area contributed by atoms with Gasteiger partial charge in [-0.3, -0.25) is 14.4 Å². The summed E-state index contributed by atoms with van der Waals surface area (Å²) in [5, 5.41) is 2.83. The van der Waals surface area contributed by atoms with Crippen molar-refractivity contribution in [2.45, 2.75) is 200 Å². The quantitative estimate of drug-likeness (QED) is 0.0441. The number of phosphoric acid groups is 1. The second kappa shape index (κ2) is 40.7. The SMILES string of the molecule is CCCCCCCCCCCCCCCC(=O)O[C@H](COC(=O)CCCCCCCCCCCCCCCNC(C)=O)COP(=O)([O-])[O-].[Na+].[Na+]. The third-order valence-corrected chi connectivity index (χ3v) is 9.03. The van der Waals surface area contributed by atoms with E-state index in [1.54, 1.807) is 6.92 Å². The smallest absolute Gasteiger partial charge is 0.790 e. The van der Waals surface area contributed by atoms with Crippen LogP contribution in [0.25, 0.3) is 0 Å². The fourth-order valence-corrected chi connectivity index (χ4v) is 6.03. The molecule has 0 aliphatic heterocycles. The molecule has 0 saturated carbocycles. The van der Waals surface area contributed by atoms with Crippen molar-refractivity contribution in [2.24, 2.45) is 0 Å². The van der Waals surface area contributed by atoms with Crippen molar-refractivity contribution in [1.29, 1.82) is 0 Å². The molecule has 0 spiro atoms. The monoisotopic (exact) mass is 749 g/mol. The molecule has 0 fully saturated rings. The summed E-state index contributed by atoms with van der Waals surface area (Å²) in [6.07, 6.45) is 29.4. The topological polar surface area (TPSA) is 154 Å². The van der Waals surface area contributed by atoms with Crippen LogP contribution in [0, 0.1) is 0 Å². The Balaban J connectivity index is -0.0000110. The van der Waals surface area contributed by atoms with Crippen LogP contribution >= 0.6 is 7.82 Å². The molecule has 13 heteroatoms. The Hall–Kier alpha value is 0.520. The largest absolute Gasteiger partial charge is 1.00 e. The maximum Gasteiger partial charge on any atom is 1.00 e. The molecule has 0 radical (unpaired) electrons. The molecule has 0 unspecified atom stereocenters. The number of carbonyl (C=O) groups excluding carboxylic acids is 3. The van der Waals surface area contributed by atoms with Gasteiger partial charge in [-0.2, -0.15) is 0 Å². The summed E-state index contributed by atoms with van der Waals surface area (Å²) in [7, 11) is -5.25. The van der Waals surface area contributed by atoms with Crippen LogP contribution in [-0.4, -0.2) is 43.7 Å². The Kier molecular flexibility index (Phi) is 44.7. The molecule has 10 nitrogen and oxygen atoms in total. The van der Waals surface area contributed by atoms with Crippen LogP contribution in [0.15, 0.2) is 0 Å². The van der Waals surface area contributed by atoms with Gasteiger partial charge in [0, 0.05) is 26.3 Å². The number of unbranched alkanes of at least 4 members (excludes halogenated alkanes) is 24. The van der Waals surface area contributed by atoms with Crippen LogP contribution in [0.4, 0.5) is 0 Å². The number of hydrogen-bond acceptors (Lipinski definition) is 9. The summed E-state index contributed by atoms with van der Waals surface area (Å²) in [6.45, 7) is 3.55. The van der Waals surface area contributed by atoms with Crippen LogP contribution in [0.5, 0.6) is 0 Å². The van der Waals surface area contributed by atoms with Gasteiger partial charge in [-0.1, -0.05) is 155 Å². The van der Waals surface area contributed by atoms with Gasteiger partial charge in [0.2, 0.25) is 5.91 Å². The van der Waals surface area contributed by atoms with Gasteiger partial charge in [0.25, 0.3) is 0 Å². The molecule has 0 aliphatic rings. The molecule has 0 saturated heterocycles. The number of rotatable bonds is 36. The fraction of sp³-hybridized carbons (Fsp3) is 0.919. The van der Waals surface area contributed by atoms with Gasteiger partial charge in [-0.15, -0.1) is 0 Å². The second-order valence-corrected chi connectivity index (χ2v) is 14.5. The summed E-state index contributed by atoms with van der Waals surface area (Å²) >= 11 is 0. The molecule has 0 aromatic rings. The van der Waals surface area contributed by atoms with Crippen molar-refractivity contribution in [3.8, 4) is 0 Å². The van der Waals surface area contributed by atoms with E-state index in [0.29, 0.717) is 12.8 Å². The van der Waals surface area contributed by atoms with Crippen LogP contribution < -0.4 is 74.2 Å². The van der Waals surface area contributed by atoms with E-state index in [2.05, 4.69) is 16.8 Å².